The molecule has 1 unspecified atom stereocenters. The molecule has 1 aliphatic heterocycles. The summed E-state index contributed by atoms with van der Waals surface area (Å²) < 4.78 is 0. The minimum atomic E-state index is -0.604. The molecule has 0 aliphatic carbocycles. The van der Waals surface area contributed by atoms with Crippen molar-refractivity contribution in [2.24, 2.45) is 0 Å². The molecule has 0 saturated carbocycles. The van der Waals surface area contributed by atoms with Gasteiger partial charge in [-0.1, -0.05) is 6.07 Å². The maximum Gasteiger partial charge on any atom is 0.314 e. The van der Waals surface area contributed by atoms with Gasteiger partial charge >= 0.3 is 11.1 Å². The van der Waals surface area contributed by atoms with Crippen molar-refractivity contribution in [2.45, 2.75) is 25.3 Å². The Morgan fingerprint density at radius 2 is 1.89 bits per heavy atom. The van der Waals surface area contributed by atoms with Gasteiger partial charge in [-0.25, -0.2) is 0 Å². The third-order valence-electron chi connectivity index (χ3n) is 3.43. The fourth-order valence-corrected chi connectivity index (χ4v) is 2.50. The van der Waals surface area contributed by atoms with E-state index in [4.69, 9.17) is 0 Å². The third-order valence-corrected chi connectivity index (χ3v) is 3.43. The highest BCUT2D eigenvalue weighted by molar-refractivity contribution is 5.74. The summed E-state index contributed by atoms with van der Waals surface area (Å²) in [6.45, 7) is 1.09. The second-order valence-corrected chi connectivity index (χ2v) is 4.79. The van der Waals surface area contributed by atoms with Gasteiger partial charge in [-0.15, -0.1) is 0 Å². The Morgan fingerprint density at radius 1 is 1.11 bits per heavy atom. The molecule has 0 amide bonds. The number of benzene rings is 1. The molecule has 1 aliphatic rings. The molecule has 0 spiro atoms. The summed E-state index contributed by atoms with van der Waals surface area (Å²) in [5, 5.41) is 3.44. The van der Waals surface area contributed by atoms with Crippen LogP contribution in [-0.4, -0.2) is 22.6 Å². The predicted molar refractivity (Wildman–Crippen MR) is 69.9 cm³/mol. The van der Waals surface area contributed by atoms with E-state index in [2.05, 4.69) is 15.3 Å². The molecule has 94 valence electrons. The number of H-pyrrole nitrogens is 2. The van der Waals surface area contributed by atoms with E-state index in [0.29, 0.717) is 17.1 Å². The molecule has 1 aromatic heterocycles. The van der Waals surface area contributed by atoms with Gasteiger partial charge in [0.2, 0.25) is 0 Å². The number of nitrogens with one attached hydrogen (secondary N) is 3. The second-order valence-electron chi connectivity index (χ2n) is 4.79. The highest BCUT2D eigenvalue weighted by atomic mass is 16.2. The van der Waals surface area contributed by atoms with E-state index in [1.165, 1.54) is 18.4 Å². The first kappa shape index (κ1) is 11.2. The molecule has 5 heteroatoms. The third kappa shape index (κ3) is 2.09. The first-order valence-corrected chi connectivity index (χ1v) is 6.21. The summed E-state index contributed by atoms with van der Waals surface area (Å²) in [6, 6.07) is 6.30. The van der Waals surface area contributed by atoms with Gasteiger partial charge in [0.15, 0.2) is 0 Å². The van der Waals surface area contributed by atoms with E-state index in [9.17, 15) is 9.59 Å². The fraction of sp³-hybridized carbons (Fsp3) is 0.385. The first-order valence-electron chi connectivity index (χ1n) is 6.21. The van der Waals surface area contributed by atoms with Crippen LogP contribution < -0.4 is 16.4 Å². The number of fused-ring (bicyclic) bond motifs is 1. The van der Waals surface area contributed by atoms with Gasteiger partial charge in [0.05, 0.1) is 11.0 Å². The summed E-state index contributed by atoms with van der Waals surface area (Å²) in [7, 11) is 0. The van der Waals surface area contributed by atoms with E-state index >= 15 is 0 Å². The quantitative estimate of drug-likeness (QED) is 0.675. The predicted octanol–water partition coefficient (Wildman–Crippen LogP) is 0.511. The van der Waals surface area contributed by atoms with Crippen LogP contribution in [0.1, 0.15) is 18.4 Å². The van der Waals surface area contributed by atoms with Crippen LogP contribution >= 0.6 is 0 Å². The van der Waals surface area contributed by atoms with Gasteiger partial charge in [-0.2, -0.15) is 0 Å². The lowest BCUT2D eigenvalue weighted by molar-refractivity contribution is 0.603. The van der Waals surface area contributed by atoms with E-state index in [0.717, 1.165) is 13.0 Å². The molecule has 3 rings (SSSR count). The van der Waals surface area contributed by atoms with E-state index in [-0.39, 0.29) is 0 Å². The molecular formula is C13H15N3O2. The molecule has 3 N–H and O–H groups in total. The number of hydrogen-bond acceptors (Lipinski definition) is 3. The lowest BCUT2D eigenvalue weighted by Gasteiger charge is -2.10. The zero-order valence-electron chi connectivity index (χ0n) is 9.95. The van der Waals surface area contributed by atoms with Gasteiger partial charge < -0.3 is 15.3 Å². The van der Waals surface area contributed by atoms with Gasteiger partial charge in [-0.05, 0) is 43.5 Å². The Kier molecular flexibility index (Phi) is 2.76. The van der Waals surface area contributed by atoms with Crippen LogP contribution in [-0.2, 0) is 6.42 Å². The van der Waals surface area contributed by atoms with Crippen molar-refractivity contribution in [3.8, 4) is 0 Å². The fourth-order valence-electron chi connectivity index (χ4n) is 2.50. The van der Waals surface area contributed by atoms with E-state index < -0.39 is 11.1 Å². The Hall–Kier alpha value is -1.88. The van der Waals surface area contributed by atoms with Crippen molar-refractivity contribution >= 4 is 11.0 Å². The van der Waals surface area contributed by atoms with Gasteiger partial charge in [0.25, 0.3) is 0 Å². The lowest BCUT2D eigenvalue weighted by atomic mass is 10.0. The SMILES string of the molecule is O=c1[nH]c2ccc(CC3CCCN3)cc2[nH]c1=O. The van der Waals surface area contributed by atoms with Crippen molar-refractivity contribution < 1.29 is 0 Å². The minimum Gasteiger partial charge on any atom is -0.316 e. The molecule has 5 nitrogen and oxygen atoms in total. The van der Waals surface area contributed by atoms with Crippen molar-refractivity contribution in [2.75, 3.05) is 6.54 Å². The Morgan fingerprint density at radius 3 is 2.61 bits per heavy atom. The molecule has 0 bridgehead atoms. The maximum atomic E-state index is 11.3. The number of rotatable bonds is 2. The number of aromatic amines is 2. The smallest absolute Gasteiger partial charge is 0.314 e. The maximum absolute atomic E-state index is 11.3. The summed E-state index contributed by atoms with van der Waals surface area (Å²) in [5.74, 6) is 0. The Bertz CT molecular complexity index is 680. The molecule has 0 radical (unpaired) electrons. The zero-order chi connectivity index (χ0) is 12.5. The molecule has 1 aromatic carbocycles. The highest BCUT2D eigenvalue weighted by Gasteiger charge is 2.14. The van der Waals surface area contributed by atoms with Crippen LogP contribution in [0.25, 0.3) is 11.0 Å². The topological polar surface area (TPSA) is 77.8 Å². The molecule has 18 heavy (non-hydrogen) atoms. The Balaban J connectivity index is 1.97. The van der Waals surface area contributed by atoms with Crippen LogP contribution in [0.4, 0.5) is 0 Å². The molecule has 2 heterocycles. The average molecular weight is 245 g/mol. The number of aromatic nitrogens is 2. The van der Waals surface area contributed by atoms with Gasteiger partial charge in [0, 0.05) is 6.04 Å². The van der Waals surface area contributed by atoms with Crippen LogP contribution in [0.15, 0.2) is 27.8 Å². The summed E-state index contributed by atoms with van der Waals surface area (Å²) in [6.07, 6.45) is 3.37. The zero-order valence-corrected chi connectivity index (χ0v) is 9.95. The van der Waals surface area contributed by atoms with Crippen LogP contribution in [0.2, 0.25) is 0 Å². The molecular weight excluding hydrogens is 230 g/mol. The standard InChI is InChI=1S/C13H15N3O2/c17-12-13(18)16-11-7-8(3-4-10(11)15-12)6-9-2-1-5-14-9/h3-4,7,9,14H,1-2,5-6H2,(H,15,17)(H,16,18). The molecule has 1 saturated heterocycles. The van der Waals surface area contributed by atoms with Crippen molar-refractivity contribution in [3.63, 3.8) is 0 Å². The molecule has 1 fully saturated rings. The van der Waals surface area contributed by atoms with Gasteiger partial charge in [0.1, 0.15) is 0 Å². The van der Waals surface area contributed by atoms with Crippen molar-refractivity contribution in [1.29, 1.82) is 0 Å². The normalized spacial score (nSPS) is 19.4. The second kappa shape index (κ2) is 4.42. The highest BCUT2D eigenvalue weighted by Crippen LogP contribution is 2.15. The monoisotopic (exact) mass is 245 g/mol. The van der Waals surface area contributed by atoms with Crippen molar-refractivity contribution in [1.82, 2.24) is 15.3 Å². The summed E-state index contributed by atoms with van der Waals surface area (Å²) in [5.41, 5.74) is 1.33. The molecule has 1 atom stereocenters. The minimum absolute atomic E-state index is 0.525. The van der Waals surface area contributed by atoms with Crippen LogP contribution in [0.3, 0.4) is 0 Å². The summed E-state index contributed by atoms with van der Waals surface area (Å²) >= 11 is 0. The van der Waals surface area contributed by atoms with E-state index in [1.807, 2.05) is 18.2 Å². The van der Waals surface area contributed by atoms with Crippen LogP contribution in [0.5, 0.6) is 0 Å². The average Bonchev–Trinajstić information content (AvgIpc) is 2.84. The summed E-state index contributed by atoms with van der Waals surface area (Å²) in [4.78, 5) is 27.6. The van der Waals surface area contributed by atoms with E-state index in [1.54, 1.807) is 0 Å². The first-order chi connectivity index (χ1) is 8.72. The lowest BCUT2D eigenvalue weighted by Crippen LogP contribution is -2.29. The van der Waals surface area contributed by atoms with Gasteiger partial charge in [-0.3, -0.25) is 9.59 Å². The number of hydrogen-bond donors (Lipinski definition) is 3. The molecule has 2 aromatic rings. The van der Waals surface area contributed by atoms with Crippen molar-refractivity contribution in [3.05, 3.63) is 44.5 Å². The van der Waals surface area contributed by atoms with Crippen LogP contribution in [0, 0.1) is 0 Å². The Labute approximate surface area is 103 Å². The largest absolute Gasteiger partial charge is 0.316 e.